The molecule has 2 aromatic rings. The molecule has 0 saturated heterocycles. The number of hydrogen-bond donors (Lipinski definition) is 1. The zero-order valence-corrected chi connectivity index (χ0v) is 10.9. The first-order valence-electron chi connectivity index (χ1n) is 4.65. The van der Waals surface area contributed by atoms with Crippen LogP contribution in [0.4, 0.5) is 5.00 Å². The van der Waals surface area contributed by atoms with Crippen molar-refractivity contribution in [3.63, 3.8) is 0 Å². The maximum atomic E-state index is 11.8. The van der Waals surface area contributed by atoms with Gasteiger partial charge in [-0.05, 0) is 42.7 Å². The van der Waals surface area contributed by atoms with Gasteiger partial charge in [-0.1, -0.05) is 22.0 Å². The Hall–Kier alpha value is -1.20. The molecule has 3 nitrogen and oxygen atoms in total. The molecule has 0 aliphatic heterocycles. The van der Waals surface area contributed by atoms with Crippen LogP contribution >= 0.6 is 27.5 Å². The highest BCUT2D eigenvalue weighted by Gasteiger charge is 2.07. The summed E-state index contributed by atoms with van der Waals surface area (Å²) in [7, 11) is 0. The lowest BCUT2D eigenvalue weighted by Crippen LogP contribution is -2.10. The number of benzene rings is 1. The number of hydrogen-bond acceptors (Lipinski definition) is 3. The van der Waals surface area contributed by atoms with Crippen molar-refractivity contribution in [2.24, 2.45) is 0 Å². The normalized spacial score (nSPS) is 10.1. The van der Waals surface area contributed by atoms with Crippen LogP contribution in [0.25, 0.3) is 0 Å². The summed E-state index contributed by atoms with van der Waals surface area (Å²) in [6.45, 7) is 1.89. The van der Waals surface area contributed by atoms with Crippen LogP contribution in [0.5, 0.6) is 0 Å². The fourth-order valence-electron chi connectivity index (χ4n) is 1.24. The van der Waals surface area contributed by atoms with Crippen LogP contribution in [0.1, 0.15) is 16.1 Å². The van der Waals surface area contributed by atoms with Crippen molar-refractivity contribution in [1.82, 2.24) is 4.37 Å². The van der Waals surface area contributed by atoms with Gasteiger partial charge in [-0.2, -0.15) is 4.37 Å². The van der Waals surface area contributed by atoms with E-state index in [1.54, 1.807) is 12.1 Å². The molecular formula is C11H9BrN2OS. The maximum Gasteiger partial charge on any atom is 0.256 e. The van der Waals surface area contributed by atoms with Crippen molar-refractivity contribution in [2.75, 3.05) is 5.32 Å². The number of aryl methyl sites for hydroxylation is 1. The number of anilines is 1. The van der Waals surface area contributed by atoms with Crippen LogP contribution in [0.3, 0.4) is 0 Å². The summed E-state index contributed by atoms with van der Waals surface area (Å²) < 4.78 is 4.99. The summed E-state index contributed by atoms with van der Waals surface area (Å²) in [5.41, 5.74) is 1.54. The molecule has 5 heteroatoms. The van der Waals surface area contributed by atoms with Crippen molar-refractivity contribution in [3.8, 4) is 0 Å². The first-order chi connectivity index (χ1) is 7.65. The number of rotatable bonds is 2. The predicted molar refractivity (Wildman–Crippen MR) is 68.9 cm³/mol. The summed E-state index contributed by atoms with van der Waals surface area (Å²) in [4.78, 5) is 11.8. The summed E-state index contributed by atoms with van der Waals surface area (Å²) in [6, 6.07) is 9.11. The molecule has 1 heterocycles. The van der Waals surface area contributed by atoms with E-state index in [2.05, 4.69) is 25.6 Å². The Bertz CT molecular complexity index is 524. The highest BCUT2D eigenvalue weighted by Crippen LogP contribution is 2.18. The smallest absolute Gasteiger partial charge is 0.256 e. The van der Waals surface area contributed by atoms with Crippen molar-refractivity contribution < 1.29 is 4.79 Å². The van der Waals surface area contributed by atoms with Gasteiger partial charge in [0, 0.05) is 10.0 Å². The van der Waals surface area contributed by atoms with Gasteiger partial charge in [-0.3, -0.25) is 4.79 Å². The molecule has 0 radical (unpaired) electrons. The number of nitrogens with zero attached hydrogens (tertiary/aromatic N) is 1. The second-order valence-corrected chi connectivity index (χ2v) is 5.02. The van der Waals surface area contributed by atoms with Crippen molar-refractivity contribution in [3.05, 3.63) is 46.1 Å². The van der Waals surface area contributed by atoms with E-state index < -0.39 is 0 Å². The number of amides is 1. The first-order valence-corrected chi connectivity index (χ1v) is 6.22. The molecule has 0 spiro atoms. The molecule has 82 valence electrons. The van der Waals surface area contributed by atoms with Crippen LogP contribution in [0.15, 0.2) is 34.8 Å². The van der Waals surface area contributed by atoms with Gasteiger partial charge in [0.2, 0.25) is 0 Å². The van der Waals surface area contributed by atoms with Crippen molar-refractivity contribution in [1.29, 1.82) is 0 Å². The fraction of sp³-hybridized carbons (Fsp3) is 0.0909. The number of nitrogens with one attached hydrogen (secondary N) is 1. The van der Waals surface area contributed by atoms with Crippen LogP contribution in [0.2, 0.25) is 0 Å². The molecular weight excluding hydrogens is 288 g/mol. The van der Waals surface area contributed by atoms with Gasteiger partial charge >= 0.3 is 0 Å². The summed E-state index contributed by atoms with van der Waals surface area (Å²) in [5.74, 6) is -0.120. The van der Waals surface area contributed by atoms with Gasteiger partial charge in [0.25, 0.3) is 5.91 Å². The number of carbonyl (C=O) groups is 1. The third-order valence-electron chi connectivity index (χ3n) is 1.95. The van der Waals surface area contributed by atoms with E-state index in [0.717, 1.165) is 15.2 Å². The van der Waals surface area contributed by atoms with E-state index in [1.807, 2.05) is 25.1 Å². The Kier molecular flexibility index (Phi) is 3.36. The lowest BCUT2D eigenvalue weighted by Gasteiger charge is -2.01. The van der Waals surface area contributed by atoms with Crippen molar-refractivity contribution >= 4 is 38.4 Å². The molecule has 0 fully saturated rings. The standard InChI is InChI=1S/C11H9BrN2OS/c1-7-5-10(16-14-7)13-11(15)8-3-2-4-9(12)6-8/h2-6H,1H3,(H,13,15). The Morgan fingerprint density at radius 1 is 1.44 bits per heavy atom. The SMILES string of the molecule is Cc1cc(NC(=O)c2cccc(Br)c2)sn1. The quantitative estimate of drug-likeness (QED) is 0.922. The third-order valence-corrected chi connectivity index (χ3v) is 3.24. The lowest BCUT2D eigenvalue weighted by molar-refractivity contribution is 0.102. The Morgan fingerprint density at radius 2 is 2.25 bits per heavy atom. The van der Waals surface area contributed by atoms with Gasteiger partial charge in [-0.25, -0.2) is 0 Å². The summed E-state index contributed by atoms with van der Waals surface area (Å²) in [6.07, 6.45) is 0. The minimum absolute atomic E-state index is 0.120. The topological polar surface area (TPSA) is 42.0 Å². The monoisotopic (exact) mass is 296 g/mol. The molecule has 0 unspecified atom stereocenters. The van der Waals surface area contributed by atoms with Crippen LogP contribution in [-0.4, -0.2) is 10.3 Å². The predicted octanol–water partition coefficient (Wildman–Crippen LogP) is 3.47. The van der Waals surface area contributed by atoms with E-state index in [1.165, 1.54) is 11.5 Å². The minimum Gasteiger partial charge on any atom is -0.312 e. The second-order valence-electron chi connectivity index (χ2n) is 3.30. The van der Waals surface area contributed by atoms with E-state index >= 15 is 0 Å². The number of carbonyl (C=O) groups excluding carboxylic acids is 1. The zero-order valence-electron chi connectivity index (χ0n) is 8.53. The highest BCUT2D eigenvalue weighted by molar-refractivity contribution is 9.10. The molecule has 1 aromatic carbocycles. The van der Waals surface area contributed by atoms with Gasteiger partial charge in [0.15, 0.2) is 0 Å². The molecule has 1 amide bonds. The lowest BCUT2D eigenvalue weighted by atomic mass is 10.2. The minimum atomic E-state index is -0.120. The van der Waals surface area contributed by atoms with E-state index in [-0.39, 0.29) is 5.91 Å². The summed E-state index contributed by atoms with van der Waals surface area (Å²) >= 11 is 4.61. The number of halogens is 1. The van der Waals surface area contributed by atoms with E-state index in [0.29, 0.717) is 5.56 Å². The molecule has 0 saturated carbocycles. The van der Waals surface area contributed by atoms with Crippen LogP contribution < -0.4 is 5.32 Å². The molecule has 0 atom stereocenters. The molecule has 1 N–H and O–H groups in total. The molecule has 2 rings (SSSR count). The second kappa shape index (κ2) is 4.76. The molecule has 0 aliphatic carbocycles. The first kappa shape index (κ1) is 11.3. The van der Waals surface area contributed by atoms with E-state index in [4.69, 9.17) is 0 Å². The average molecular weight is 297 g/mol. The zero-order chi connectivity index (χ0) is 11.5. The molecule has 1 aromatic heterocycles. The van der Waals surface area contributed by atoms with Crippen LogP contribution in [-0.2, 0) is 0 Å². The fourth-order valence-corrected chi connectivity index (χ4v) is 2.29. The highest BCUT2D eigenvalue weighted by atomic mass is 79.9. The molecule has 0 aliphatic rings. The Balaban J connectivity index is 2.14. The van der Waals surface area contributed by atoms with Gasteiger partial charge in [-0.15, -0.1) is 0 Å². The maximum absolute atomic E-state index is 11.8. The van der Waals surface area contributed by atoms with Crippen molar-refractivity contribution in [2.45, 2.75) is 6.92 Å². The van der Waals surface area contributed by atoms with Gasteiger partial charge < -0.3 is 5.32 Å². The number of aromatic nitrogens is 1. The van der Waals surface area contributed by atoms with Gasteiger partial charge in [0.1, 0.15) is 5.00 Å². The van der Waals surface area contributed by atoms with Gasteiger partial charge in [0.05, 0.1) is 5.69 Å². The Morgan fingerprint density at radius 3 is 2.88 bits per heavy atom. The van der Waals surface area contributed by atoms with E-state index in [9.17, 15) is 4.79 Å². The average Bonchev–Trinajstić information content (AvgIpc) is 2.64. The Labute approximate surface area is 106 Å². The largest absolute Gasteiger partial charge is 0.312 e. The molecule has 0 bridgehead atoms. The third kappa shape index (κ3) is 2.68. The van der Waals surface area contributed by atoms with Crippen LogP contribution in [0, 0.1) is 6.92 Å². The summed E-state index contributed by atoms with van der Waals surface area (Å²) in [5, 5.41) is 3.57. The molecule has 16 heavy (non-hydrogen) atoms.